The molecular weight excluding hydrogens is 306 g/mol. The van der Waals surface area contributed by atoms with Gasteiger partial charge in [-0.1, -0.05) is 18.2 Å². The van der Waals surface area contributed by atoms with Gasteiger partial charge >= 0.3 is 0 Å². The van der Waals surface area contributed by atoms with Crippen LogP contribution in [0, 0.1) is 6.92 Å². The Labute approximate surface area is 140 Å². The van der Waals surface area contributed by atoms with Gasteiger partial charge in [0.05, 0.1) is 5.56 Å². The highest BCUT2D eigenvalue weighted by atomic mass is 32.1. The number of amides is 1. The van der Waals surface area contributed by atoms with E-state index in [1.165, 1.54) is 4.88 Å². The number of likely N-dealkylation sites (tertiary alicyclic amines) is 1. The van der Waals surface area contributed by atoms with Gasteiger partial charge in [-0.05, 0) is 30.0 Å². The molecular formula is C18H21N3OS. The summed E-state index contributed by atoms with van der Waals surface area (Å²) in [5.74, 6) is 0.0588. The smallest absolute Gasteiger partial charge is 0.255 e. The van der Waals surface area contributed by atoms with E-state index in [9.17, 15) is 4.79 Å². The van der Waals surface area contributed by atoms with Crippen LogP contribution in [0.1, 0.15) is 33.6 Å². The minimum atomic E-state index is -0.288. The Hall–Kier alpha value is -1.85. The minimum absolute atomic E-state index is 0.0588. The van der Waals surface area contributed by atoms with Gasteiger partial charge in [-0.25, -0.2) is 0 Å². The molecule has 0 unspecified atom stereocenters. The number of carbonyl (C=O) groups is 1. The summed E-state index contributed by atoms with van der Waals surface area (Å²) in [7, 11) is 0. The second-order valence-corrected chi connectivity index (χ2v) is 7.55. The number of aryl methyl sites for hydroxylation is 1. The molecule has 2 aromatic rings. The first kappa shape index (κ1) is 14.7. The number of nitrogens with zero attached hydrogens (tertiary/aromatic N) is 1. The molecule has 0 atom stereocenters. The molecule has 2 aliphatic heterocycles. The van der Waals surface area contributed by atoms with Crippen molar-refractivity contribution in [2.45, 2.75) is 32.0 Å². The average molecular weight is 327 g/mol. The van der Waals surface area contributed by atoms with Crippen LogP contribution in [0.4, 0.5) is 5.69 Å². The van der Waals surface area contributed by atoms with Crippen LogP contribution >= 0.6 is 11.3 Å². The van der Waals surface area contributed by atoms with E-state index < -0.39 is 0 Å². The van der Waals surface area contributed by atoms with Gasteiger partial charge in [0.1, 0.15) is 5.66 Å². The quantitative estimate of drug-likeness (QED) is 0.890. The second kappa shape index (κ2) is 5.65. The SMILES string of the molecule is Cc1cccc2c1C(=O)NC1(CCN(Cc3cccs3)CC1)N2. The maximum absolute atomic E-state index is 12.6. The molecule has 5 heteroatoms. The molecule has 1 aromatic carbocycles. The summed E-state index contributed by atoms with van der Waals surface area (Å²) in [5.41, 5.74) is 2.50. The predicted molar refractivity (Wildman–Crippen MR) is 93.8 cm³/mol. The fourth-order valence-electron chi connectivity index (χ4n) is 3.61. The normalized spacial score (nSPS) is 20.0. The summed E-state index contributed by atoms with van der Waals surface area (Å²) in [5, 5.41) is 8.97. The Morgan fingerprint density at radius 3 is 2.74 bits per heavy atom. The molecule has 0 saturated carbocycles. The molecule has 4 rings (SSSR count). The van der Waals surface area contributed by atoms with Crippen molar-refractivity contribution in [2.24, 2.45) is 0 Å². The third-order valence-electron chi connectivity index (χ3n) is 4.90. The van der Waals surface area contributed by atoms with Crippen LogP contribution in [-0.2, 0) is 6.54 Å². The predicted octanol–water partition coefficient (Wildman–Crippen LogP) is 3.20. The number of carbonyl (C=O) groups excluding carboxylic acids is 1. The summed E-state index contributed by atoms with van der Waals surface area (Å²) < 4.78 is 0. The maximum atomic E-state index is 12.6. The van der Waals surface area contributed by atoms with Crippen molar-refractivity contribution in [3.8, 4) is 0 Å². The highest BCUT2D eigenvalue weighted by Crippen LogP contribution is 2.33. The zero-order chi connectivity index (χ0) is 15.9. The molecule has 0 radical (unpaired) electrons. The fraction of sp³-hybridized carbons (Fsp3) is 0.389. The molecule has 1 amide bonds. The van der Waals surface area contributed by atoms with Gasteiger partial charge in [-0.2, -0.15) is 0 Å². The molecule has 3 heterocycles. The average Bonchev–Trinajstić information content (AvgIpc) is 3.02. The lowest BCUT2D eigenvalue weighted by Gasteiger charge is -2.46. The van der Waals surface area contributed by atoms with Gasteiger partial charge in [0.25, 0.3) is 5.91 Å². The van der Waals surface area contributed by atoms with Crippen LogP contribution in [0.15, 0.2) is 35.7 Å². The summed E-state index contributed by atoms with van der Waals surface area (Å²) in [6.45, 7) is 4.98. The van der Waals surface area contributed by atoms with Gasteiger partial charge in [-0.15, -0.1) is 11.3 Å². The molecule has 120 valence electrons. The Bertz CT molecular complexity index is 718. The summed E-state index contributed by atoms with van der Waals surface area (Å²) in [4.78, 5) is 16.4. The Morgan fingerprint density at radius 2 is 2.00 bits per heavy atom. The zero-order valence-corrected chi connectivity index (χ0v) is 14.1. The Morgan fingerprint density at radius 1 is 1.17 bits per heavy atom. The topological polar surface area (TPSA) is 44.4 Å². The van der Waals surface area contributed by atoms with Gasteiger partial charge in [-0.3, -0.25) is 9.69 Å². The molecule has 2 aliphatic rings. The van der Waals surface area contributed by atoms with Crippen molar-refractivity contribution < 1.29 is 4.79 Å². The Balaban J connectivity index is 1.48. The highest BCUT2D eigenvalue weighted by Gasteiger charge is 2.40. The molecule has 1 saturated heterocycles. The van der Waals surface area contributed by atoms with E-state index in [4.69, 9.17) is 0 Å². The largest absolute Gasteiger partial charge is 0.362 e. The third kappa shape index (κ3) is 2.75. The Kier molecular flexibility index (Phi) is 3.62. The number of hydrogen-bond acceptors (Lipinski definition) is 4. The molecule has 0 aliphatic carbocycles. The third-order valence-corrected chi connectivity index (χ3v) is 5.76. The van der Waals surface area contributed by atoms with Crippen LogP contribution in [0.5, 0.6) is 0 Å². The summed E-state index contributed by atoms with van der Waals surface area (Å²) >= 11 is 1.81. The number of piperidine rings is 1. The molecule has 2 N–H and O–H groups in total. The molecule has 1 spiro atoms. The van der Waals surface area contributed by atoms with Gasteiger partial charge in [0.15, 0.2) is 0 Å². The first-order valence-electron chi connectivity index (χ1n) is 8.10. The van der Waals surface area contributed by atoms with E-state index in [1.54, 1.807) is 0 Å². The highest BCUT2D eigenvalue weighted by molar-refractivity contribution is 7.09. The van der Waals surface area contributed by atoms with Crippen molar-refractivity contribution in [3.63, 3.8) is 0 Å². The second-order valence-electron chi connectivity index (χ2n) is 6.51. The van der Waals surface area contributed by atoms with Crippen molar-refractivity contribution in [1.82, 2.24) is 10.2 Å². The van der Waals surface area contributed by atoms with Crippen molar-refractivity contribution in [3.05, 3.63) is 51.7 Å². The zero-order valence-electron chi connectivity index (χ0n) is 13.3. The fourth-order valence-corrected chi connectivity index (χ4v) is 4.35. The van der Waals surface area contributed by atoms with E-state index in [-0.39, 0.29) is 11.6 Å². The number of fused-ring (bicyclic) bond motifs is 1. The van der Waals surface area contributed by atoms with E-state index in [0.29, 0.717) is 0 Å². The van der Waals surface area contributed by atoms with Gasteiger partial charge < -0.3 is 10.6 Å². The molecule has 23 heavy (non-hydrogen) atoms. The first-order valence-corrected chi connectivity index (χ1v) is 8.98. The van der Waals surface area contributed by atoms with Crippen LogP contribution in [-0.4, -0.2) is 29.6 Å². The lowest BCUT2D eigenvalue weighted by atomic mass is 9.91. The van der Waals surface area contributed by atoms with Crippen LogP contribution in [0.3, 0.4) is 0 Å². The standard InChI is InChI=1S/C18H21N3OS/c1-13-4-2-6-15-16(13)17(22)20-18(19-15)7-9-21(10-8-18)12-14-5-3-11-23-14/h2-6,11,19H,7-10,12H2,1H3,(H,20,22). The lowest BCUT2D eigenvalue weighted by molar-refractivity contribution is 0.0822. The molecule has 1 aromatic heterocycles. The van der Waals surface area contributed by atoms with E-state index in [0.717, 1.165) is 49.3 Å². The molecule has 0 bridgehead atoms. The van der Waals surface area contributed by atoms with E-state index in [1.807, 2.05) is 36.5 Å². The number of thiophene rings is 1. The lowest BCUT2D eigenvalue weighted by Crippen LogP contribution is -2.62. The van der Waals surface area contributed by atoms with Crippen molar-refractivity contribution >= 4 is 22.9 Å². The molecule has 1 fully saturated rings. The van der Waals surface area contributed by atoms with E-state index >= 15 is 0 Å². The van der Waals surface area contributed by atoms with Crippen molar-refractivity contribution in [1.29, 1.82) is 0 Å². The first-order chi connectivity index (χ1) is 11.2. The monoisotopic (exact) mass is 327 g/mol. The molecule has 4 nitrogen and oxygen atoms in total. The minimum Gasteiger partial charge on any atom is -0.362 e. The maximum Gasteiger partial charge on any atom is 0.255 e. The number of rotatable bonds is 2. The van der Waals surface area contributed by atoms with Crippen LogP contribution in [0.25, 0.3) is 0 Å². The number of anilines is 1. The van der Waals surface area contributed by atoms with Crippen LogP contribution < -0.4 is 10.6 Å². The van der Waals surface area contributed by atoms with E-state index in [2.05, 4.69) is 33.0 Å². The summed E-state index contributed by atoms with van der Waals surface area (Å²) in [6, 6.07) is 10.3. The summed E-state index contributed by atoms with van der Waals surface area (Å²) in [6.07, 6.45) is 1.86. The number of benzene rings is 1. The van der Waals surface area contributed by atoms with Crippen molar-refractivity contribution in [2.75, 3.05) is 18.4 Å². The number of hydrogen-bond donors (Lipinski definition) is 2. The van der Waals surface area contributed by atoms with Gasteiger partial charge in [0, 0.05) is 43.0 Å². The van der Waals surface area contributed by atoms with Crippen LogP contribution in [0.2, 0.25) is 0 Å². The van der Waals surface area contributed by atoms with Gasteiger partial charge in [0.2, 0.25) is 0 Å². The number of nitrogens with one attached hydrogen (secondary N) is 2.